The number of imide groups is 1. The topological polar surface area (TPSA) is 49.4 Å². The van der Waals surface area contributed by atoms with Gasteiger partial charge in [-0.2, -0.15) is 0 Å². The lowest BCUT2D eigenvalue weighted by Gasteiger charge is -2.26. The number of hydrogen-bond acceptors (Lipinski definition) is 2. The Morgan fingerprint density at radius 1 is 1.08 bits per heavy atom. The molecule has 0 aliphatic carbocycles. The third kappa shape index (κ3) is 2.56. The first-order valence-electron chi connectivity index (χ1n) is 7.92. The molecule has 1 heterocycles. The highest BCUT2D eigenvalue weighted by atomic mass is 19.1. The molecule has 0 radical (unpaired) electrons. The van der Waals surface area contributed by atoms with Crippen molar-refractivity contribution in [3.05, 3.63) is 71.0 Å². The Morgan fingerprint density at radius 2 is 1.75 bits per heavy atom. The zero-order chi connectivity index (χ0) is 17.3. The summed E-state index contributed by atoms with van der Waals surface area (Å²) in [6, 6.07) is 12.9. The SMILES string of the molecule is CCC1(c2ccc(F)cc2)NC(=O)N(Cc2ccccc2C)C1=O. The minimum absolute atomic E-state index is 0.223. The first-order valence-corrected chi connectivity index (χ1v) is 7.92. The van der Waals surface area contributed by atoms with Crippen LogP contribution in [-0.4, -0.2) is 16.8 Å². The highest BCUT2D eigenvalue weighted by molar-refractivity contribution is 6.07. The molecule has 4 nitrogen and oxygen atoms in total. The van der Waals surface area contributed by atoms with Gasteiger partial charge in [-0.1, -0.05) is 43.3 Å². The fourth-order valence-electron chi connectivity index (χ4n) is 3.10. The molecule has 1 atom stereocenters. The average molecular weight is 326 g/mol. The maximum absolute atomic E-state index is 13.2. The van der Waals surface area contributed by atoms with E-state index in [1.54, 1.807) is 12.1 Å². The molecule has 2 aromatic carbocycles. The number of rotatable bonds is 4. The van der Waals surface area contributed by atoms with Gasteiger partial charge >= 0.3 is 6.03 Å². The zero-order valence-electron chi connectivity index (χ0n) is 13.7. The predicted octanol–water partition coefficient (Wildman–Crippen LogP) is 3.49. The molecule has 1 aliphatic rings. The van der Waals surface area contributed by atoms with Crippen LogP contribution in [0.1, 0.15) is 30.0 Å². The van der Waals surface area contributed by atoms with Gasteiger partial charge in [0.25, 0.3) is 5.91 Å². The van der Waals surface area contributed by atoms with Gasteiger partial charge in [0, 0.05) is 0 Å². The third-order valence-corrected chi connectivity index (χ3v) is 4.63. The van der Waals surface area contributed by atoms with Crippen LogP contribution in [-0.2, 0) is 16.9 Å². The second-order valence-electron chi connectivity index (χ2n) is 6.01. The molecule has 1 unspecified atom stereocenters. The summed E-state index contributed by atoms with van der Waals surface area (Å²) in [5.74, 6) is -0.677. The van der Waals surface area contributed by atoms with Crippen LogP contribution in [0.5, 0.6) is 0 Å². The molecule has 0 bridgehead atoms. The first kappa shape index (κ1) is 16.2. The Hall–Kier alpha value is -2.69. The van der Waals surface area contributed by atoms with Crippen LogP contribution in [0.3, 0.4) is 0 Å². The molecule has 0 spiro atoms. The van der Waals surface area contributed by atoms with Gasteiger partial charge in [0.15, 0.2) is 0 Å². The number of carbonyl (C=O) groups is 2. The van der Waals surface area contributed by atoms with Crippen molar-refractivity contribution < 1.29 is 14.0 Å². The van der Waals surface area contributed by atoms with Crippen molar-refractivity contribution >= 4 is 11.9 Å². The lowest BCUT2D eigenvalue weighted by Crippen LogP contribution is -2.43. The Labute approximate surface area is 140 Å². The van der Waals surface area contributed by atoms with Crippen LogP contribution < -0.4 is 5.32 Å². The standard InChI is InChI=1S/C19H19FN2O2/c1-3-19(15-8-10-16(20)11-9-15)17(23)22(18(24)21-19)12-14-7-5-4-6-13(14)2/h4-11H,3,12H2,1-2H3,(H,21,24). The van der Waals surface area contributed by atoms with Gasteiger partial charge in [0.05, 0.1) is 6.54 Å². The lowest BCUT2D eigenvalue weighted by molar-refractivity contribution is -0.132. The van der Waals surface area contributed by atoms with Crippen molar-refractivity contribution in [3.8, 4) is 0 Å². The van der Waals surface area contributed by atoms with Crippen LogP contribution in [0.25, 0.3) is 0 Å². The van der Waals surface area contributed by atoms with Gasteiger partial charge in [-0.3, -0.25) is 9.69 Å². The van der Waals surface area contributed by atoms with Gasteiger partial charge in [-0.15, -0.1) is 0 Å². The summed E-state index contributed by atoms with van der Waals surface area (Å²) in [5.41, 5.74) is 1.41. The van der Waals surface area contributed by atoms with E-state index in [2.05, 4.69) is 5.32 Å². The lowest BCUT2D eigenvalue weighted by atomic mass is 9.87. The maximum Gasteiger partial charge on any atom is 0.325 e. The van der Waals surface area contributed by atoms with Crippen LogP contribution in [0.4, 0.5) is 9.18 Å². The van der Waals surface area contributed by atoms with E-state index < -0.39 is 11.6 Å². The molecule has 0 saturated carbocycles. The van der Waals surface area contributed by atoms with E-state index in [1.807, 2.05) is 38.1 Å². The molecule has 0 aromatic heterocycles. The highest BCUT2D eigenvalue weighted by Crippen LogP contribution is 2.33. The van der Waals surface area contributed by atoms with E-state index in [-0.39, 0.29) is 18.3 Å². The largest absolute Gasteiger partial charge is 0.325 e. The number of amides is 3. The molecule has 1 fully saturated rings. The number of nitrogens with one attached hydrogen (secondary N) is 1. The number of aryl methyl sites for hydroxylation is 1. The van der Waals surface area contributed by atoms with Crippen LogP contribution in [0, 0.1) is 12.7 Å². The van der Waals surface area contributed by atoms with E-state index in [4.69, 9.17) is 0 Å². The Balaban J connectivity index is 1.95. The summed E-state index contributed by atoms with van der Waals surface area (Å²) in [6.45, 7) is 4.00. The van der Waals surface area contributed by atoms with Crippen molar-refractivity contribution in [3.63, 3.8) is 0 Å². The third-order valence-electron chi connectivity index (χ3n) is 4.63. The number of urea groups is 1. The van der Waals surface area contributed by atoms with Crippen LogP contribution in [0.2, 0.25) is 0 Å². The maximum atomic E-state index is 13.2. The molecule has 3 amide bonds. The molecule has 1 aliphatic heterocycles. The second-order valence-corrected chi connectivity index (χ2v) is 6.01. The van der Waals surface area contributed by atoms with E-state index in [1.165, 1.54) is 17.0 Å². The van der Waals surface area contributed by atoms with Gasteiger partial charge in [0.2, 0.25) is 0 Å². The minimum Gasteiger partial charge on any atom is -0.319 e. The first-order chi connectivity index (χ1) is 11.5. The molecular weight excluding hydrogens is 307 g/mol. The Morgan fingerprint density at radius 3 is 2.38 bits per heavy atom. The van der Waals surface area contributed by atoms with E-state index in [0.717, 1.165) is 11.1 Å². The van der Waals surface area contributed by atoms with E-state index in [9.17, 15) is 14.0 Å². The van der Waals surface area contributed by atoms with Crippen molar-refractivity contribution in [1.82, 2.24) is 10.2 Å². The second kappa shape index (κ2) is 6.07. The summed E-state index contributed by atoms with van der Waals surface area (Å²) in [5, 5.41) is 2.81. The fourth-order valence-corrected chi connectivity index (χ4v) is 3.10. The van der Waals surface area contributed by atoms with E-state index in [0.29, 0.717) is 12.0 Å². The molecule has 1 saturated heterocycles. The fraction of sp³-hybridized carbons (Fsp3) is 0.263. The van der Waals surface area contributed by atoms with Crippen molar-refractivity contribution in [2.45, 2.75) is 32.4 Å². The number of carbonyl (C=O) groups excluding carboxylic acids is 2. The van der Waals surface area contributed by atoms with Crippen molar-refractivity contribution in [2.75, 3.05) is 0 Å². The summed E-state index contributed by atoms with van der Waals surface area (Å²) in [4.78, 5) is 26.7. The Bertz CT molecular complexity index is 788. The normalized spacial score (nSPS) is 20.4. The molecule has 1 N–H and O–H groups in total. The molecule has 2 aromatic rings. The van der Waals surface area contributed by atoms with Gasteiger partial charge in [-0.05, 0) is 42.2 Å². The van der Waals surface area contributed by atoms with E-state index >= 15 is 0 Å². The summed E-state index contributed by atoms with van der Waals surface area (Å²) < 4.78 is 13.2. The monoisotopic (exact) mass is 326 g/mol. The number of benzene rings is 2. The summed E-state index contributed by atoms with van der Waals surface area (Å²) >= 11 is 0. The highest BCUT2D eigenvalue weighted by Gasteiger charge is 2.51. The summed E-state index contributed by atoms with van der Waals surface area (Å²) in [6.07, 6.45) is 0.396. The summed E-state index contributed by atoms with van der Waals surface area (Å²) in [7, 11) is 0. The van der Waals surface area contributed by atoms with Gasteiger partial charge < -0.3 is 5.32 Å². The predicted molar refractivity (Wildman–Crippen MR) is 88.6 cm³/mol. The Kier molecular flexibility index (Phi) is 4.09. The minimum atomic E-state index is -1.13. The average Bonchev–Trinajstić information content (AvgIpc) is 2.82. The zero-order valence-corrected chi connectivity index (χ0v) is 13.7. The van der Waals surface area contributed by atoms with Gasteiger partial charge in [0.1, 0.15) is 11.4 Å². The molecule has 24 heavy (non-hydrogen) atoms. The van der Waals surface area contributed by atoms with Gasteiger partial charge in [-0.25, -0.2) is 9.18 Å². The smallest absolute Gasteiger partial charge is 0.319 e. The van der Waals surface area contributed by atoms with Crippen molar-refractivity contribution in [1.29, 1.82) is 0 Å². The number of halogens is 1. The van der Waals surface area contributed by atoms with Crippen LogP contribution >= 0.6 is 0 Å². The molecule has 124 valence electrons. The number of hydrogen-bond donors (Lipinski definition) is 1. The van der Waals surface area contributed by atoms with Crippen LogP contribution in [0.15, 0.2) is 48.5 Å². The quantitative estimate of drug-likeness (QED) is 0.874. The molecule has 3 rings (SSSR count). The molecule has 5 heteroatoms. The number of nitrogens with zero attached hydrogens (tertiary/aromatic N) is 1. The molecular formula is C19H19FN2O2. The van der Waals surface area contributed by atoms with Crippen molar-refractivity contribution in [2.24, 2.45) is 0 Å².